The molecule has 0 spiro atoms. The van der Waals surface area contributed by atoms with Crippen molar-refractivity contribution in [2.45, 2.75) is 25.7 Å². The maximum atomic E-state index is 14.6. The highest BCUT2D eigenvalue weighted by Crippen LogP contribution is 2.65. The van der Waals surface area contributed by atoms with E-state index in [1.165, 1.54) is 9.80 Å². The molecule has 2 aliphatic heterocycles. The van der Waals surface area contributed by atoms with Crippen LogP contribution in [0.2, 0.25) is 5.02 Å². The number of rotatable bonds is 3. The van der Waals surface area contributed by atoms with E-state index in [0.717, 1.165) is 16.3 Å². The number of anilines is 2. The lowest BCUT2D eigenvalue weighted by atomic mass is 9.51. The van der Waals surface area contributed by atoms with Crippen molar-refractivity contribution in [1.29, 1.82) is 0 Å². The molecule has 0 bridgehead atoms. The quantitative estimate of drug-likeness (QED) is 0.206. The molecule has 224 valence electrons. The van der Waals surface area contributed by atoms with E-state index in [-0.39, 0.29) is 35.8 Å². The molecular formula is C37H29ClN2O5. The van der Waals surface area contributed by atoms with Gasteiger partial charge in [-0.2, -0.15) is 0 Å². The predicted molar refractivity (Wildman–Crippen MR) is 171 cm³/mol. The van der Waals surface area contributed by atoms with Gasteiger partial charge >= 0.3 is 0 Å². The van der Waals surface area contributed by atoms with Crippen molar-refractivity contribution in [1.82, 2.24) is 0 Å². The number of para-hydroxylation sites is 1. The van der Waals surface area contributed by atoms with E-state index in [1.807, 2.05) is 49.4 Å². The normalized spacial score (nSPS) is 29.1. The van der Waals surface area contributed by atoms with Gasteiger partial charge in [0.2, 0.25) is 23.6 Å². The third-order valence-electron chi connectivity index (χ3n) is 10.6. The Kier molecular flexibility index (Phi) is 6.10. The first-order chi connectivity index (χ1) is 21.7. The van der Waals surface area contributed by atoms with Crippen molar-refractivity contribution >= 4 is 57.4 Å². The van der Waals surface area contributed by atoms with Crippen LogP contribution in [0.15, 0.2) is 103 Å². The number of nitrogens with zero attached hydrogens (tertiary/aromatic N) is 2. The van der Waals surface area contributed by atoms with Crippen LogP contribution in [0.25, 0.3) is 10.8 Å². The number of fused-ring (bicyclic) bond motifs is 5. The van der Waals surface area contributed by atoms with E-state index in [0.29, 0.717) is 28.4 Å². The first-order valence-corrected chi connectivity index (χ1v) is 15.6. The average molecular weight is 617 g/mol. The van der Waals surface area contributed by atoms with Crippen LogP contribution in [0, 0.1) is 29.1 Å². The SMILES string of the molecule is C[C@@]12C(=O)N(c3ccccc3)C(=O)[C@@H]1C[C@@H]1C(=CC[C@@H]3C(=O)N(c4ccc(Cl)cc4)C(=O)[C@@H]31)[C@@H]2c1c(O)ccc2ccccc12. The Hall–Kier alpha value is -4.75. The van der Waals surface area contributed by atoms with E-state index in [2.05, 4.69) is 0 Å². The predicted octanol–water partition coefficient (Wildman–Crippen LogP) is 6.63. The number of benzene rings is 4. The summed E-state index contributed by atoms with van der Waals surface area (Å²) in [5.74, 6) is -4.48. The maximum absolute atomic E-state index is 14.6. The second-order valence-corrected chi connectivity index (χ2v) is 13.1. The molecule has 7 nitrogen and oxygen atoms in total. The van der Waals surface area contributed by atoms with Crippen LogP contribution in [0.4, 0.5) is 11.4 Å². The minimum atomic E-state index is -1.24. The molecule has 4 aliphatic rings. The van der Waals surface area contributed by atoms with Crippen molar-refractivity contribution < 1.29 is 24.3 Å². The van der Waals surface area contributed by atoms with Gasteiger partial charge in [-0.3, -0.25) is 24.1 Å². The van der Waals surface area contributed by atoms with Crippen molar-refractivity contribution in [3.05, 3.63) is 113 Å². The summed E-state index contributed by atoms with van der Waals surface area (Å²) in [5, 5.41) is 13.7. The molecular weight excluding hydrogens is 588 g/mol. The van der Waals surface area contributed by atoms with Gasteiger partial charge in [-0.1, -0.05) is 71.8 Å². The molecule has 3 fully saturated rings. The Morgan fingerprint density at radius 2 is 1.44 bits per heavy atom. The number of hydrogen-bond donors (Lipinski definition) is 1. The number of carbonyl (C=O) groups is 4. The minimum absolute atomic E-state index is 0.0253. The molecule has 0 aromatic heterocycles. The molecule has 8 heteroatoms. The maximum Gasteiger partial charge on any atom is 0.241 e. The van der Waals surface area contributed by atoms with Crippen molar-refractivity contribution in [3.63, 3.8) is 0 Å². The zero-order valence-corrected chi connectivity index (χ0v) is 25.1. The number of aromatic hydroxyl groups is 1. The molecule has 4 amide bonds. The molecule has 0 radical (unpaired) electrons. The standard InChI is InChI=1S/C37H29ClN2O5/c1-37-28(34(43)40(36(37)45)22-8-3-2-4-9-22)19-27-25(32(37)31-24-10-6-5-7-20(24)11-18-29(31)41)16-17-26-30(27)35(44)39(33(26)42)23-14-12-21(38)13-15-23/h2-16,18,26-28,30,32,41H,17,19H2,1H3/t26-,27+,28-,30-,32+,37+/m0/s1. The average Bonchev–Trinajstić information content (AvgIpc) is 3.42. The van der Waals surface area contributed by atoms with Gasteiger partial charge in [0, 0.05) is 16.5 Å². The van der Waals surface area contributed by atoms with Crippen molar-refractivity contribution in [3.8, 4) is 5.75 Å². The van der Waals surface area contributed by atoms with Gasteiger partial charge in [0.25, 0.3) is 0 Å². The fourth-order valence-electron chi connectivity index (χ4n) is 8.58. The molecule has 2 saturated heterocycles. The van der Waals surface area contributed by atoms with Gasteiger partial charge in [-0.15, -0.1) is 0 Å². The Labute approximate surface area is 264 Å². The summed E-state index contributed by atoms with van der Waals surface area (Å²) in [7, 11) is 0. The second kappa shape index (κ2) is 9.88. The molecule has 8 rings (SSSR count). The first kappa shape index (κ1) is 27.8. The van der Waals surface area contributed by atoms with Crippen LogP contribution in [0.1, 0.15) is 31.2 Å². The molecule has 45 heavy (non-hydrogen) atoms. The third-order valence-corrected chi connectivity index (χ3v) is 10.9. The van der Waals surface area contributed by atoms with Gasteiger partial charge in [0.05, 0.1) is 34.5 Å². The molecule has 2 heterocycles. The summed E-state index contributed by atoms with van der Waals surface area (Å²) in [6.45, 7) is 1.83. The second-order valence-electron chi connectivity index (χ2n) is 12.7. The van der Waals surface area contributed by atoms with Gasteiger partial charge in [-0.25, -0.2) is 4.90 Å². The monoisotopic (exact) mass is 616 g/mol. The van der Waals surface area contributed by atoms with E-state index >= 15 is 0 Å². The van der Waals surface area contributed by atoms with Gasteiger partial charge in [0.1, 0.15) is 5.75 Å². The molecule has 4 aromatic rings. The van der Waals surface area contributed by atoms with E-state index in [9.17, 15) is 24.3 Å². The molecule has 4 aromatic carbocycles. The fourth-order valence-corrected chi connectivity index (χ4v) is 8.70. The number of phenols is 1. The number of imide groups is 2. The molecule has 2 aliphatic carbocycles. The fraction of sp³-hybridized carbons (Fsp3) is 0.243. The van der Waals surface area contributed by atoms with Crippen LogP contribution in [0.3, 0.4) is 0 Å². The zero-order valence-electron chi connectivity index (χ0n) is 24.4. The number of amides is 4. The van der Waals surface area contributed by atoms with Gasteiger partial charge in [-0.05, 0) is 78.9 Å². The smallest absolute Gasteiger partial charge is 0.241 e. The van der Waals surface area contributed by atoms with Crippen LogP contribution >= 0.6 is 11.6 Å². The van der Waals surface area contributed by atoms with Crippen molar-refractivity contribution in [2.75, 3.05) is 9.80 Å². The van der Waals surface area contributed by atoms with E-state index in [1.54, 1.807) is 54.6 Å². The summed E-state index contributed by atoms with van der Waals surface area (Å²) < 4.78 is 0. The lowest BCUT2D eigenvalue weighted by Gasteiger charge is -2.49. The van der Waals surface area contributed by atoms with E-state index < -0.39 is 35.0 Å². The summed E-state index contributed by atoms with van der Waals surface area (Å²) >= 11 is 6.10. The molecule has 0 unspecified atom stereocenters. The number of phenolic OH excluding ortho intramolecular Hbond substituents is 1. The van der Waals surface area contributed by atoms with Crippen LogP contribution in [-0.2, 0) is 19.2 Å². The Balaban J connectivity index is 1.32. The zero-order chi connectivity index (χ0) is 31.2. The third kappa shape index (κ3) is 3.77. The van der Waals surface area contributed by atoms with Crippen molar-refractivity contribution in [2.24, 2.45) is 29.1 Å². The lowest BCUT2D eigenvalue weighted by molar-refractivity contribution is -0.131. The van der Waals surface area contributed by atoms with Crippen LogP contribution in [0.5, 0.6) is 5.75 Å². The first-order valence-electron chi connectivity index (χ1n) is 15.2. The van der Waals surface area contributed by atoms with Crippen LogP contribution in [-0.4, -0.2) is 28.7 Å². The highest BCUT2D eigenvalue weighted by molar-refractivity contribution is 6.31. The topological polar surface area (TPSA) is 95.0 Å². The highest BCUT2D eigenvalue weighted by Gasteiger charge is 2.68. The summed E-state index contributed by atoms with van der Waals surface area (Å²) in [5.41, 5.74) is 1.09. The summed E-state index contributed by atoms with van der Waals surface area (Å²) in [4.78, 5) is 59.6. The van der Waals surface area contributed by atoms with E-state index in [4.69, 9.17) is 11.6 Å². The molecule has 1 saturated carbocycles. The summed E-state index contributed by atoms with van der Waals surface area (Å²) in [6, 6.07) is 26.6. The highest BCUT2D eigenvalue weighted by atomic mass is 35.5. The van der Waals surface area contributed by atoms with Gasteiger partial charge in [0.15, 0.2) is 0 Å². The number of carbonyl (C=O) groups excluding carboxylic acids is 4. The van der Waals surface area contributed by atoms with Gasteiger partial charge < -0.3 is 5.11 Å². The number of hydrogen-bond acceptors (Lipinski definition) is 5. The molecule has 6 atom stereocenters. The largest absolute Gasteiger partial charge is 0.508 e. The molecule has 1 N–H and O–H groups in total. The Bertz CT molecular complexity index is 1970. The number of allylic oxidation sites excluding steroid dienone is 2. The lowest BCUT2D eigenvalue weighted by Crippen LogP contribution is -2.49. The van der Waals surface area contributed by atoms with Crippen LogP contribution < -0.4 is 9.80 Å². The number of halogens is 1. The minimum Gasteiger partial charge on any atom is -0.508 e. The Morgan fingerprint density at radius 1 is 0.756 bits per heavy atom. The summed E-state index contributed by atoms with van der Waals surface area (Å²) in [6.07, 6.45) is 2.56. The Morgan fingerprint density at radius 3 is 2.20 bits per heavy atom.